The highest BCUT2D eigenvalue weighted by atomic mass is 16.1. The SMILES string of the molecule is O=C(NCCc1cnc[nH]1)C1CCCN(C2CCN(Cc3ccncc3)CC2)C1. The number of pyridine rings is 1. The number of nitrogens with one attached hydrogen (secondary N) is 2. The molecule has 2 saturated heterocycles. The first-order valence-electron chi connectivity index (χ1n) is 10.9. The summed E-state index contributed by atoms with van der Waals surface area (Å²) in [6, 6.07) is 4.82. The summed E-state index contributed by atoms with van der Waals surface area (Å²) in [6.45, 7) is 5.98. The molecule has 1 atom stereocenters. The molecule has 0 aromatic carbocycles. The summed E-state index contributed by atoms with van der Waals surface area (Å²) in [7, 11) is 0. The van der Waals surface area contributed by atoms with Gasteiger partial charge in [0.25, 0.3) is 0 Å². The summed E-state index contributed by atoms with van der Waals surface area (Å²) in [4.78, 5) is 28.9. The Hall–Kier alpha value is -2.25. The van der Waals surface area contributed by atoms with Gasteiger partial charge in [-0.2, -0.15) is 0 Å². The number of nitrogens with zero attached hydrogens (tertiary/aromatic N) is 4. The van der Waals surface area contributed by atoms with Crippen molar-refractivity contribution in [3.05, 3.63) is 48.3 Å². The maximum atomic E-state index is 12.6. The topological polar surface area (TPSA) is 77.2 Å². The molecule has 29 heavy (non-hydrogen) atoms. The fourth-order valence-electron chi connectivity index (χ4n) is 4.63. The van der Waals surface area contributed by atoms with Crippen molar-refractivity contribution < 1.29 is 4.79 Å². The number of piperidine rings is 2. The Balaban J connectivity index is 1.20. The lowest BCUT2D eigenvalue weighted by Gasteiger charge is -2.42. The number of carbonyl (C=O) groups excluding carboxylic acids is 1. The Morgan fingerprint density at radius 3 is 2.72 bits per heavy atom. The first-order chi connectivity index (χ1) is 14.3. The predicted octanol–water partition coefficient (Wildman–Crippen LogP) is 1.84. The van der Waals surface area contributed by atoms with Gasteiger partial charge in [-0.15, -0.1) is 0 Å². The van der Waals surface area contributed by atoms with Crippen molar-refractivity contribution in [2.75, 3.05) is 32.7 Å². The van der Waals surface area contributed by atoms with Crippen molar-refractivity contribution in [2.45, 2.75) is 44.7 Å². The summed E-state index contributed by atoms with van der Waals surface area (Å²) in [5.41, 5.74) is 2.40. The minimum atomic E-state index is 0.125. The maximum Gasteiger partial charge on any atom is 0.224 e. The summed E-state index contributed by atoms with van der Waals surface area (Å²) in [6.07, 6.45) is 12.6. The average molecular weight is 397 g/mol. The van der Waals surface area contributed by atoms with Crippen molar-refractivity contribution in [3.8, 4) is 0 Å². The van der Waals surface area contributed by atoms with Gasteiger partial charge in [-0.3, -0.25) is 19.6 Å². The van der Waals surface area contributed by atoms with Gasteiger partial charge in [-0.25, -0.2) is 4.98 Å². The first kappa shape index (κ1) is 20.0. The second-order valence-corrected chi connectivity index (χ2v) is 8.31. The zero-order chi connectivity index (χ0) is 19.9. The number of H-pyrrole nitrogens is 1. The van der Waals surface area contributed by atoms with E-state index in [1.807, 2.05) is 18.6 Å². The molecule has 0 spiro atoms. The average Bonchev–Trinajstić information content (AvgIpc) is 3.29. The second-order valence-electron chi connectivity index (χ2n) is 8.31. The van der Waals surface area contributed by atoms with E-state index < -0.39 is 0 Å². The number of aromatic nitrogens is 3. The van der Waals surface area contributed by atoms with Crippen molar-refractivity contribution in [1.82, 2.24) is 30.1 Å². The largest absolute Gasteiger partial charge is 0.355 e. The molecule has 0 radical (unpaired) electrons. The summed E-state index contributed by atoms with van der Waals surface area (Å²) in [5, 5.41) is 3.12. The molecule has 2 aromatic rings. The third kappa shape index (κ3) is 5.64. The molecule has 7 nitrogen and oxygen atoms in total. The van der Waals surface area contributed by atoms with Crippen LogP contribution in [0.5, 0.6) is 0 Å². The van der Waals surface area contributed by atoms with Crippen molar-refractivity contribution in [1.29, 1.82) is 0 Å². The van der Waals surface area contributed by atoms with Gasteiger partial charge in [0.2, 0.25) is 5.91 Å². The van der Waals surface area contributed by atoms with E-state index in [1.165, 1.54) is 18.4 Å². The number of rotatable bonds is 7. The van der Waals surface area contributed by atoms with E-state index in [4.69, 9.17) is 0 Å². The molecule has 0 saturated carbocycles. The number of amides is 1. The monoisotopic (exact) mass is 396 g/mol. The molecule has 1 unspecified atom stereocenters. The Kier molecular flexibility index (Phi) is 6.90. The van der Waals surface area contributed by atoms with Crippen molar-refractivity contribution in [3.63, 3.8) is 0 Å². The molecule has 7 heteroatoms. The van der Waals surface area contributed by atoms with Gasteiger partial charge in [0.05, 0.1) is 12.2 Å². The highest BCUT2D eigenvalue weighted by Crippen LogP contribution is 2.24. The minimum absolute atomic E-state index is 0.125. The lowest BCUT2D eigenvalue weighted by molar-refractivity contribution is -0.127. The highest BCUT2D eigenvalue weighted by molar-refractivity contribution is 5.78. The molecular weight excluding hydrogens is 364 g/mol. The Morgan fingerprint density at radius 1 is 1.14 bits per heavy atom. The number of hydrogen-bond donors (Lipinski definition) is 2. The maximum absolute atomic E-state index is 12.6. The fraction of sp³-hybridized carbons (Fsp3) is 0.591. The van der Waals surface area contributed by atoms with E-state index in [2.05, 4.69) is 42.2 Å². The van der Waals surface area contributed by atoms with Crippen LogP contribution in [0.15, 0.2) is 37.1 Å². The van der Waals surface area contributed by atoms with Crippen LogP contribution in [-0.2, 0) is 17.8 Å². The van der Waals surface area contributed by atoms with E-state index in [1.54, 1.807) is 6.33 Å². The lowest BCUT2D eigenvalue weighted by atomic mass is 9.93. The summed E-state index contributed by atoms with van der Waals surface area (Å²) in [5.74, 6) is 0.338. The van der Waals surface area contributed by atoms with Gasteiger partial charge in [0, 0.05) is 56.4 Å². The van der Waals surface area contributed by atoms with Gasteiger partial charge in [0.15, 0.2) is 0 Å². The molecular formula is C22H32N6O. The molecule has 0 bridgehead atoms. The van der Waals surface area contributed by atoms with Crippen LogP contribution >= 0.6 is 0 Å². The predicted molar refractivity (Wildman–Crippen MR) is 112 cm³/mol. The standard InChI is InChI=1S/C22H32N6O/c29-22(25-10-5-20-14-24-17-26-20)19-2-1-11-28(16-19)21-6-12-27(13-7-21)15-18-3-8-23-9-4-18/h3-4,8-9,14,17,19,21H,1-2,5-7,10-13,15-16H2,(H,24,26)(H,25,29). The smallest absolute Gasteiger partial charge is 0.224 e. The van der Waals surface area contributed by atoms with E-state index in [0.717, 1.165) is 57.7 Å². The Morgan fingerprint density at radius 2 is 1.97 bits per heavy atom. The fourth-order valence-corrected chi connectivity index (χ4v) is 4.63. The Labute approximate surface area is 172 Å². The third-order valence-corrected chi connectivity index (χ3v) is 6.30. The third-order valence-electron chi connectivity index (χ3n) is 6.30. The minimum Gasteiger partial charge on any atom is -0.355 e. The van der Waals surface area contributed by atoms with Crippen LogP contribution in [0.3, 0.4) is 0 Å². The van der Waals surface area contributed by atoms with E-state index in [-0.39, 0.29) is 11.8 Å². The zero-order valence-corrected chi connectivity index (χ0v) is 17.1. The molecule has 4 heterocycles. The van der Waals surface area contributed by atoms with Gasteiger partial charge in [-0.1, -0.05) is 0 Å². The summed E-state index contributed by atoms with van der Waals surface area (Å²) >= 11 is 0. The van der Waals surface area contributed by atoms with Crippen LogP contribution < -0.4 is 5.32 Å². The van der Waals surface area contributed by atoms with Crippen LogP contribution in [0.1, 0.15) is 36.9 Å². The van der Waals surface area contributed by atoms with Crippen LogP contribution in [0.25, 0.3) is 0 Å². The molecule has 2 fully saturated rings. The number of likely N-dealkylation sites (tertiary alicyclic amines) is 2. The molecule has 2 aliphatic rings. The number of carbonyl (C=O) groups is 1. The lowest BCUT2D eigenvalue weighted by Crippen LogP contribution is -2.50. The quantitative estimate of drug-likeness (QED) is 0.747. The number of hydrogen-bond acceptors (Lipinski definition) is 5. The van der Waals surface area contributed by atoms with Crippen molar-refractivity contribution in [2.24, 2.45) is 5.92 Å². The molecule has 4 rings (SSSR count). The van der Waals surface area contributed by atoms with Gasteiger partial charge in [0.1, 0.15) is 0 Å². The normalized spacial score (nSPS) is 21.9. The van der Waals surface area contributed by atoms with Gasteiger partial charge < -0.3 is 10.3 Å². The van der Waals surface area contributed by atoms with Crippen LogP contribution in [0.4, 0.5) is 0 Å². The number of imidazole rings is 1. The molecule has 2 aliphatic heterocycles. The van der Waals surface area contributed by atoms with Gasteiger partial charge >= 0.3 is 0 Å². The number of aromatic amines is 1. The van der Waals surface area contributed by atoms with Crippen LogP contribution in [-0.4, -0.2) is 69.4 Å². The van der Waals surface area contributed by atoms with E-state index in [9.17, 15) is 4.79 Å². The van der Waals surface area contributed by atoms with Gasteiger partial charge in [-0.05, 0) is 63.0 Å². The van der Waals surface area contributed by atoms with Crippen LogP contribution in [0, 0.1) is 5.92 Å². The van der Waals surface area contributed by atoms with E-state index >= 15 is 0 Å². The molecule has 2 aromatic heterocycles. The highest BCUT2D eigenvalue weighted by Gasteiger charge is 2.31. The Bertz CT molecular complexity index is 742. The molecule has 1 amide bonds. The van der Waals surface area contributed by atoms with Crippen LogP contribution in [0.2, 0.25) is 0 Å². The van der Waals surface area contributed by atoms with E-state index in [0.29, 0.717) is 12.6 Å². The summed E-state index contributed by atoms with van der Waals surface area (Å²) < 4.78 is 0. The zero-order valence-electron chi connectivity index (χ0n) is 17.1. The molecule has 156 valence electrons. The second kappa shape index (κ2) is 9.98. The molecule has 2 N–H and O–H groups in total. The first-order valence-corrected chi connectivity index (χ1v) is 10.9. The molecule has 0 aliphatic carbocycles. The van der Waals surface area contributed by atoms with Crippen molar-refractivity contribution >= 4 is 5.91 Å².